The zero-order valence-electron chi connectivity index (χ0n) is 12.3. The number of benzene rings is 1. The Kier molecular flexibility index (Phi) is 4.74. The third-order valence-electron chi connectivity index (χ3n) is 5.29. The summed E-state index contributed by atoms with van der Waals surface area (Å²) >= 11 is 0. The van der Waals surface area contributed by atoms with E-state index in [2.05, 4.69) is 35.6 Å². The number of rotatable bonds is 4. The van der Waals surface area contributed by atoms with Gasteiger partial charge in [0.2, 0.25) is 0 Å². The van der Waals surface area contributed by atoms with E-state index in [4.69, 9.17) is 0 Å². The third kappa shape index (κ3) is 3.42. The lowest BCUT2D eigenvalue weighted by molar-refractivity contribution is 0.128. The molecule has 0 aliphatic heterocycles. The van der Waals surface area contributed by atoms with Crippen LogP contribution in [0.15, 0.2) is 30.3 Å². The van der Waals surface area contributed by atoms with E-state index in [0.717, 1.165) is 18.9 Å². The minimum atomic E-state index is -0.0526. The summed E-state index contributed by atoms with van der Waals surface area (Å²) in [6.07, 6.45) is 8.52. The molecule has 2 nitrogen and oxygen atoms in total. The number of hydrogen-bond acceptors (Lipinski definition) is 2. The standard InChI is InChI=1S/C18H27NO/c20-18-8-4-7-16(18)13-19-17-11-9-15(10-12-17)14-5-2-1-3-6-14/h1-3,5-6,15-20H,4,7-13H2. The van der Waals surface area contributed by atoms with E-state index in [-0.39, 0.29) is 6.10 Å². The second-order valence-corrected chi connectivity index (χ2v) is 6.63. The second kappa shape index (κ2) is 6.73. The van der Waals surface area contributed by atoms with Crippen molar-refractivity contribution in [1.29, 1.82) is 0 Å². The van der Waals surface area contributed by atoms with Gasteiger partial charge in [-0.1, -0.05) is 36.8 Å². The van der Waals surface area contributed by atoms with Crippen molar-refractivity contribution in [2.75, 3.05) is 6.54 Å². The summed E-state index contributed by atoms with van der Waals surface area (Å²) in [6, 6.07) is 11.6. The molecule has 2 aliphatic rings. The average Bonchev–Trinajstić information content (AvgIpc) is 2.92. The molecule has 1 aromatic carbocycles. The second-order valence-electron chi connectivity index (χ2n) is 6.63. The maximum absolute atomic E-state index is 9.87. The van der Waals surface area contributed by atoms with Crippen molar-refractivity contribution in [1.82, 2.24) is 5.32 Å². The molecule has 0 bridgehead atoms. The zero-order chi connectivity index (χ0) is 13.8. The van der Waals surface area contributed by atoms with E-state index < -0.39 is 0 Å². The van der Waals surface area contributed by atoms with E-state index >= 15 is 0 Å². The van der Waals surface area contributed by atoms with Crippen LogP contribution in [0.3, 0.4) is 0 Å². The van der Waals surface area contributed by atoms with Crippen molar-refractivity contribution in [2.24, 2.45) is 5.92 Å². The summed E-state index contributed by atoms with van der Waals surface area (Å²) in [7, 11) is 0. The maximum Gasteiger partial charge on any atom is 0.0580 e. The molecular formula is C18H27NO. The van der Waals surface area contributed by atoms with Crippen molar-refractivity contribution in [2.45, 2.75) is 63.0 Å². The SMILES string of the molecule is OC1CCCC1CNC1CCC(c2ccccc2)CC1. The fourth-order valence-corrected chi connectivity index (χ4v) is 3.93. The molecule has 0 amide bonds. The first-order chi connectivity index (χ1) is 9.83. The molecule has 2 saturated carbocycles. The Labute approximate surface area is 122 Å². The highest BCUT2D eigenvalue weighted by Crippen LogP contribution is 2.33. The van der Waals surface area contributed by atoms with Crippen LogP contribution in [0.25, 0.3) is 0 Å². The molecule has 0 radical (unpaired) electrons. The van der Waals surface area contributed by atoms with Crippen LogP contribution in [-0.2, 0) is 0 Å². The molecule has 110 valence electrons. The fraction of sp³-hybridized carbons (Fsp3) is 0.667. The van der Waals surface area contributed by atoms with Gasteiger partial charge in [0.1, 0.15) is 0 Å². The molecule has 2 unspecified atom stereocenters. The van der Waals surface area contributed by atoms with Gasteiger partial charge < -0.3 is 10.4 Å². The molecule has 2 aliphatic carbocycles. The van der Waals surface area contributed by atoms with Gasteiger partial charge in [-0.15, -0.1) is 0 Å². The Bertz CT molecular complexity index is 397. The van der Waals surface area contributed by atoms with Crippen LogP contribution in [-0.4, -0.2) is 23.8 Å². The molecule has 0 heterocycles. The molecule has 0 saturated heterocycles. The highest BCUT2D eigenvalue weighted by molar-refractivity contribution is 5.20. The topological polar surface area (TPSA) is 32.3 Å². The summed E-state index contributed by atoms with van der Waals surface area (Å²) in [6.45, 7) is 1.02. The quantitative estimate of drug-likeness (QED) is 0.880. The van der Waals surface area contributed by atoms with Gasteiger partial charge in [0.25, 0.3) is 0 Å². The Morgan fingerprint density at radius 3 is 2.35 bits per heavy atom. The Balaban J connectivity index is 1.42. The normalized spacial score (nSPS) is 34.2. The van der Waals surface area contributed by atoms with Gasteiger partial charge in [0, 0.05) is 12.6 Å². The number of hydrogen-bond donors (Lipinski definition) is 2. The molecule has 20 heavy (non-hydrogen) atoms. The summed E-state index contributed by atoms with van der Waals surface area (Å²) in [4.78, 5) is 0. The van der Waals surface area contributed by atoms with Crippen molar-refractivity contribution in [3.63, 3.8) is 0 Å². The smallest absolute Gasteiger partial charge is 0.0580 e. The van der Waals surface area contributed by atoms with E-state index in [1.54, 1.807) is 0 Å². The lowest BCUT2D eigenvalue weighted by atomic mass is 9.81. The largest absolute Gasteiger partial charge is 0.393 e. The molecule has 0 aromatic heterocycles. The maximum atomic E-state index is 9.87. The highest BCUT2D eigenvalue weighted by Gasteiger charge is 2.27. The molecule has 2 heteroatoms. The summed E-state index contributed by atoms with van der Waals surface area (Å²) < 4.78 is 0. The van der Waals surface area contributed by atoms with Crippen molar-refractivity contribution in [3.05, 3.63) is 35.9 Å². The van der Waals surface area contributed by atoms with Gasteiger partial charge in [-0.3, -0.25) is 0 Å². The van der Waals surface area contributed by atoms with Gasteiger partial charge in [0.15, 0.2) is 0 Å². The summed E-state index contributed by atoms with van der Waals surface area (Å²) in [5, 5.41) is 13.6. The molecule has 2 fully saturated rings. The van der Waals surface area contributed by atoms with Crippen LogP contribution in [0.4, 0.5) is 0 Å². The zero-order valence-corrected chi connectivity index (χ0v) is 12.3. The predicted octanol–water partition coefficient (Wildman–Crippen LogP) is 3.46. The van der Waals surface area contributed by atoms with E-state index in [9.17, 15) is 5.11 Å². The first kappa shape index (κ1) is 14.1. The first-order valence-electron chi connectivity index (χ1n) is 8.29. The van der Waals surface area contributed by atoms with Crippen LogP contribution >= 0.6 is 0 Å². The highest BCUT2D eigenvalue weighted by atomic mass is 16.3. The van der Waals surface area contributed by atoms with E-state index in [0.29, 0.717) is 12.0 Å². The van der Waals surface area contributed by atoms with Crippen LogP contribution < -0.4 is 5.32 Å². The Morgan fingerprint density at radius 2 is 1.70 bits per heavy atom. The van der Waals surface area contributed by atoms with Crippen LogP contribution in [0.5, 0.6) is 0 Å². The van der Waals surface area contributed by atoms with Gasteiger partial charge in [-0.05, 0) is 55.9 Å². The Hall–Kier alpha value is -0.860. The van der Waals surface area contributed by atoms with Crippen molar-refractivity contribution < 1.29 is 5.11 Å². The molecular weight excluding hydrogens is 246 g/mol. The molecule has 1 aromatic rings. The summed E-state index contributed by atoms with van der Waals surface area (Å²) in [5.41, 5.74) is 1.51. The molecule has 2 N–H and O–H groups in total. The number of nitrogens with one attached hydrogen (secondary N) is 1. The number of aliphatic hydroxyl groups is 1. The summed E-state index contributed by atoms with van der Waals surface area (Å²) in [5.74, 6) is 1.26. The Morgan fingerprint density at radius 1 is 0.950 bits per heavy atom. The predicted molar refractivity (Wildman–Crippen MR) is 82.8 cm³/mol. The average molecular weight is 273 g/mol. The van der Waals surface area contributed by atoms with Gasteiger partial charge >= 0.3 is 0 Å². The lowest BCUT2D eigenvalue weighted by Gasteiger charge is -2.30. The van der Waals surface area contributed by atoms with E-state index in [1.807, 2.05) is 0 Å². The van der Waals surface area contributed by atoms with Crippen molar-refractivity contribution >= 4 is 0 Å². The van der Waals surface area contributed by atoms with Crippen LogP contribution in [0.2, 0.25) is 0 Å². The van der Waals surface area contributed by atoms with Gasteiger partial charge in [-0.25, -0.2) is 0 Å². The number of aliphatic hydroxyl groups excluding tert-OH is 1. The van der Waals surface area contributed by atoms with Crippen molar-refractivity contribution in [3.8, 4) is 0 Å². The molecule has 3 rings (SSSR count). The lowest BCUT2D eigenvalue weighted by Crippen LogP contribution is -2.37. The molecule has 0 spiro atoms. The monoisotopic (exact) mass is 273 g/mol. The van der Waals surface area contributed by atoms with Crippen LogP contribution in [0.1, 0.15) is 56.4 Å². The fourth-order valence-electron chi connectivity index (χ4n) is 3.93. The first-order valence-corrected chi connectivity index (χ1v) is 8.29. The third-order valence-corrected chi connectivity index (χ3v) is 5.29. The minimum absolute atomic E-state index is 0.0526. The van der Waals surface area contributed by atoms with Gasteiger partial charge in [0.05, 0.1) is 6.10 Å². The van der Waals surface area contributed by atoms with Crippen LogP contribution in [0, 0.1) is 5.92 Å². The van der Waals surface area contributed by atoms with E-state index in [1.165, 1.54) is 44.1 Å². The van der Waals surface area contributed by atoms with Gasteiger partial charge in [-0.2, -0.15) is 0 Å². The molecule has 2 atom stereocenters. The minimum Gasteiger partial charge on any atom is -0.393 e.